The molecule has 3 nitrogen and oxygen atoms in total. The summed E-state index contributed by atoms with van der Waals surface area (Å²) in [5.74, 6) is 0.448. The van der Waals surface area contributed by atoms with Crippen LogP contribution in [0.15, 0.2) is 40.6 Å². The van der Waals surface area contributed by atoms with Crippen LogP contribution in [0.1, 0.15) is 56.9 Å². The van der Waals surface area contributed by atoms with E-state index in [0.29, 0.717) is 17.2 Å². The van der Waals surface area contributed by atoms with Gasteiger partial charge in [0.05, 0.1) is 11.0 Å². The van der Waals surface area contributed by atoms with Gasteiger partial charge in [-0.15, -0.1) is 0 Å². The first-order chi connectivity index (χ1) is 11.0. The molecule has 0 heterocycles. The van der Waals surface area contributed by atoms with Crippen molar-refractivity contribution in [2.45, 2.75) is 69.3 Å². The fourth-order valence-corrected chi connectivity index (χ4v) is 4.26. The average Bonchev–Trinajstić information content (AvgIpc) is 2.55. The van der Waals surface area contributed by atoms with Crippen LogP contribution in [-0.2, 0) is 9.84 Å². The molecular formula is C19H28O3S. The highest BCUT2D eigenvalue weighted by molar-refractivity contribution is 7.94. The second-order valence-electron chi connectivity index (χ2n) is 6.63. The summed E-state index contributed by atoms with van der Waals surface area (Å²) in [5.41, 5.74) is 1.05. The van der Waals surface area contributed by atoms with Crippen molar-refractivity contribution >= 4 is 9.84 Å². The number of hydrogen-bond donors (Lipinski definition) is 1. The van der Waals surface area contributed by atoms with Gasteiger partial charge < -0.3 is 5.11 Å². The van der Waals surface area contributed by atoms with E-state index in [4.69, 9.17) is 0 Å². The van der Waals surface area contributed by atoms with Gasteiger partial charge in [0.2, 0.25) is 0 Å². The molecular weight excluding hydrogens is 308 g/mol. The number of aliphatic hydroxyl groups is 1. The van der Waals surface area contributed by atoms with E-state index < -0.39 is 9.84 Å². The molecule has 1 saturated carbocycles. The number of rotatable bonds is 7. The lowest BCUT2D eigenvalue weighted by atomic mass is 9.83. The predicted molar refractivity (Wildman–Crippen MR) is 93.9 cm³/mol. The first-order valence-corrected chi connectivity index (χ1v) is 10.2. The van der Waals surface area contributed by atoms with Crippen molar-refractivity contribution in [1.29, 1.82) is 0 Å². The Bertz CT molecular complexity index is 596. The largest absolute Gasteiger partial charge is 0.393 e. The van der Waals surface area contributed by atoms with Gasteiger partial charge >= 0.3 is 0 Å². The third-order valence-electron chi connectivity index (χ3n) is 4.69. The number of aliphatic hydroxyl groups excluding tert-OH is 1. The Labute approximate surface area is 140 Å². The molecule has 1 aliphatic carbocycles. The molecule has 0 spiro atoms. The highest BCUT2D eigenvalue weighted by Gasteiger charge is 2.20. The van der Waals surface area contributed by atoms with Crippen LogP contribution in [0.2, 0.25) is 0 Å². The summed E-state index contributed by atoms with van der Waals surface area (Å²) in [7, 11) is -3.34. The van der Waals surface area contributed by atoms with Crippen molar-refractivity contribution in [2.75, 3.05) is 0 Å². The van der Waals surface area contributed by atoms with E-state index >= 15 is 0 Å². The topological polar surface area (TPSA) is 54.4 Å². The van der Waals surface area contributed by atoms with Crippen LogP contribution in [0.5, 0.6) is 0 Å². The number of unbranched alkanes of at least 4 members (excludes halogenated alkanes) is 1. The third kappa shape index (κ3) is 5.78. The van der Waals surface area contributed by atoms with E-state index in [2.05, 4.69) is 0 Å². The van der Waals surface area contributed by atoms with Gasteiger partial charge in [-0.3, -0.25) is 0 Å². The summed E-state index contributed by atoms with van der Waals surface area (Å²) >= 11 is 0. The van der Waals surface area contributed by atoms with Crippen LogP contribution in [-0.4, -0.2) is 19.6 Å². The van der Waals surface area contributed by atoms with Crippen LogP contribution in [0.4, 0.5) is 0 Å². The number of sulfone groups is 1. The summed E-state index contributed by atoms with van der Waals surface area (Å²) in [6, 6.07) is 6.90. The van der Waals surface area contributed by atoms with Crippen molar-refractivity contribution in [3.63, 3.8) is 0 Å². The van der Waals surface area contributed by atoms with Crippen LogP contribution >= 0.6 is 0 Å². The van der Waals surface area contributed by atoms with Gasteiger partial charge in [-0.25, -0.2) is 8.42 Å². The molecule has 1 atom stereocenters. The Morgan fingerprint density at radius 3 is 2.48 bits per heavy atom. The van der Waals surface area contributed by atoms with E-state index in [1.807, 2.05) is 6.92 Å². The molecule has 23 heavy (non-hydrogen) atoms. The maximum atomic E-state index is 12.2. The molecule has 1 aromatic carbocycles. The van der Waals surface area contributed by atoms with Crippen molar-refractivity contribution < 1.29 is 13.5 Å². The molecule has 4 heteroatoms. The standard InChI is InChI=1S/C19H28O3S/c1-16-11-13-18(14-12-16)23(21,22)15-7-3-6-10-19(20)17-8-4-2-5-9-17/h7,11-15,17,19-20H,2-6,8-10H2,1H3/b15-7+. The zero-order chi connectivity index (χ0) is 16.7. The Morgan fingerprint density at radius 2 is 1.83 bits per heavy atom. The smallest absolute Gasteiger partial charge is 0.199 e. The molecule has 1 unspecified atom stereocenters. The molecule has 0 radical (unpaired) electrons. The normalized spacial score (nSPS) is 18.3. The van der Waals surface area contributed by atoms with Gasteiger partial charge in [0.25, 0.3) is 0 Å². The molecule has 128 valence electrons. The molecule has 2 rings (SSSR count). The molecule has 0 saturated heterocycles. The monoisotopic (exact) mass is 336 g/mol. The second kappa shape index (κ2) is 8.65. The molecule has 1 aromatic rings. The predicted octanol–water partition coefficient (Wildman–Crippen LogP) is 4.39. The van der Waals surface area contributed by atoms with Crippen molar-refractivity contribution in [1.82, 2.24) is 0 Å². The minimum absolute atomic E-state index is 0.225. The van der Waals surface area contributed by atoms with Gasteiger partial charge in [-0.1, -0.05) is 43.0 Å². The lowest BCUT2D eigenvalue weighted by Gasteiger charge is -2.26. The zero-order valence-corrected chi connectivity index (χ0v) is 14.8. The molecule has 1 N–H and O–H groups in total. The SMILES string of the molecule is Cc1ccc(S(=O)(=O)/C=C/CCCC(O)C2CCCCC2)cc1. The average molecular weight is 336 g/mol. The van der Waals surface area contributed by atoms with E-state index in [0.717, 1.165) is 31.2 Å². The van der Waals surface area contributed by atoms with Crippen molar-refractivity contribution in [3.8, 4) is 0 Å². The summed E-state index contributed by atoms with van der Waals surface area (Å²) in [5, 5.41) is 11.5. The molecule has 0 amide bonds. The molecule has 0 aliphatic heterocycles. The highest BCUT2D eigenvalue weighted by atomic mass is 32.2. The Kier molecular flexibility index (Phi) is 6.85. The number of hydrogen-bond acceptors (Lipinski definition) is 3. The first kappa shape index (κ1) is 18.2. The first-order valence-electron chi connectivity index (χ1n) is 8.65. The molecule has 1 fully saturated rings. The number of benzene rings is 1. The quantitative estimate of drug-likeness (QED) is 0.751. The molecule has 1 aliphatic rings. The zero-order valence-electron chi connectivity index (χ0n) is 13.9. The minimum Gasteiger partial charge on any atom is -0.393 e. The number of aryl methyl sites for hydroxylation is 1. The van der Waals surface area contributed by atoms with E-state index in [-0.39, 0.29) is 6.10 Å². The van der Waals surface area contributed by atoms with Gasteiger partial charge in [0.1, 0.15) is 0 Å². The number of allylic oxidation sites excluding steroid dienone is 1. The summed E-state index contributed by atoms with van der Waals surface area (Å²) in [6.45, 7) is 1.93. The van der Waals surface area contributed by atoms with Crippen molar-refractivity contribution in [3.05, 3.63) is 41.3 Å². The minimum atomic E-state index is -3.34. The fraction of sp³-hybridized carbons (Fsp3) is 0.579. The Hall–Kier alpha value is -1.13. The second-order valence-corrected chi connectivity index (χ2v) is 8.46. The highest BCUT2D eigenvalue weighted by Crippen LogP contribution is 2.28. The summed E-state index contributed by atoms with van der Waals surface area (Å²) in [6.07, 6.45) is 9.81. The summed E-state index contributed by atoms with van der Waals surface area (Å²) < 4.78 is 24.3. The van der Waals surface area contributed by atoms with Crippen molar-refractivity contribution in [2.24, 2.45) is 5.92 Å². The maximum Gasteiger partial charge on any atom is 0.199 e. The third-order valence-corrected chi connectivity index (χ3v) is 6.17. The van der Waals surface area contributed by atoms with E-state index in [1.54, 1.807) is 30.3 Å². The lowest BCUT2D eigenvalue weighted by Crippen LogP contribution is -2.22. The van der Waals surface area contributed by atoms with E-state index in [1.165, 1.54) is 24.7 Å². The fourth-order valence-electron chi connectivity index (χ4n) is 3.20. The molecule has 0 bridgehead atoms. The van der Waals surface area contributed by atoms with Crippen LogP contribution in [0.25, 0.3) is 0 Å². The maximum absolute atomic E-state index is 12.2. The van der Waals surface area contributed by atoms with Gasteiger partial charge in [-0.05, 0) is 57.1 Å². The van der Waals surface area contributed by atoms with Gasteiger partial charge in [0, 0.05) is 5.41 Å². The van der Waals surface area contributed by atoms with Crippen LogP contribution in [0.3, 0.4) is 0 Å². The Balaban J connectivity index is 1.76. The van der Waals surface area contributed by atoms with Crippen LogP contribution in [0, 0.1) is 12.8 Å². The lowest BCUT2D eigenvalue weighted by molar-refractivity contribution is 0.0757. The van der Waals surface area contributed by atoms with Gasteiger partial charge in [-0.2, -0.15) is 0 Å². The summed E-state index contributed by atoms with van der Waals surface area (Å²) in [4.78, 5) is 0.335. The van der Waals surface area contributed by atoms with E-state index in [9.17, 15) is 13.5 Å². The molecule has 0 aromatic heterocycles. The van der Waals surface area contributed by atoms with Gasteiger partial charge in [0.15, 0.2) is 9.84 Å². The van der Waals surface area contributed by atoms with Crippen LogP contribution < -0.4 is 0 Å². The Morgan fingerprint density at radius 1 is 1.17 bits per heavy atom.